The molecule has 0 aliphatic heterocycles. The number of allylic oxidation sites excluding steroid dienone is 4. The highest BCUT2D eigenvalue weighted by Gasteiger charge is 1.57. The summed E-state index contributed by atoms with van der Waals surface area (Å²) in [4.78, 5) is 0. The molecule has 0 rings (SSSR count). The van der Waals surface area contributed by atoms with Gasteiger partial charge in [-0.3, -0.25) is 0 Å². The van der Waals surface area contributed by atoms with Gasteiger partial charge in [0.15, 0.2) is 0 Å². The maximum atomic E-state index is 2.76. The van der Waals surface area contributed by atoms with Gasteiger partial charge in [0.1, 0.15) is 0 Å². The van der Waals surface area contributed by atoms with E-state index in [4.69, 9.17) is 0 Å². The Morgan fingerprint density at radius 2 is 1.67 bits per heavy atom. The minimum absolute atomic E-state index is 1.74. The molecule has 0 heteroatoms. The van der Waals surface area contributed by atoms with Gasteiger partial charge in [-0.1, -0.05) is 30.1 Å². The summed E-state index contributed by atoms with van der Waals surface area (Å²) in [7, 11) is 0. The Morgan fingerprint density at radius 3 is 2.33 bits per heavy atom. The first-order valence-corrected chi connectivity index (χ1v) is 3.62. The van der Waals surface area contributed by atoms with E-state index in [0.717, 1.165) is 0 Å². The van der Waals surface area contributed by atoms with Gasteiger partial charge in [-0.15, -0.1) is 0 Å². The average Bonchev–Trinajstić information content (AvgIpc) is 2.10. The zero-order valence-corrected chi connectivity index (χ0v) is 7.31. The molecule has 0 aromatic heterocycles. The van der Waals surface area contributed by atoms with Crippen molar-refractivity contribution in [1.82, 2.24) is 0 Å². The fourth-order valence-corrected chi connectivity index (χ4v) is 0.418. The molecule has 0 saturated heterocycles. The SMILES string of the molecule is CC#CC#CC#C/C=C/C=C/C. The lowest BCUT2D eigenvalue weighted by molar-refractivity contribution is 1.74. The topological polar surface area (TPSA) is 0 Å². The number of hydrogen-bond acceptors (Lipinski definition) is 0. The summed E-state index contributed by atoms with van der Waals surface area (Å²) in [6.45, 7) is 3.70. The maximum absolute atomic E-state index is 2.76. The Morgan fingerprint density at radius 1 is 0.917 bits per heavy atom. The van der Waals surface area contributed by atoms with Crippen LogP contribution < -0.4 is 0 Å². The average molecular weight is 154 g/mol. The molecular weight excluding hydrogens is 144 g/mol. The van der Waals surface area contributed by atoms with Crippen LogP contribution in [0.2, 0.25) is 0 Å². The molecule has 0 heterocycles. The Labute approximate surface area is 74.4 Å². The third-order valence-corrected chi connectivity index (χ3v) is 0.868. The molecule has 0 saturated carbocycles. The predicted molar refractivity (Wildman–Crippen MR) is 53.0 cm³/mol. The van der Waals surface area contributed by atoms with Crippen LogP contribution in [0.3, 0.4) is 0 Å². The second-order valence-corrected chi connectivity index (χ2v) is 1.78. The molecule has 0 atom stereocenters. The molecule has 12 heavy (non-hydrogen) atoms. The van der Waals surface area contributed by atoms with Crippen molar-refractivity contribution in [3.63, 3.8) is 0 Å². The Hall–Kier alpha value is -1.84. The zero-order chi connectivity index (χ0) is 9.07. The fourth-order valence-electron chi connectivity index (χ4n) is 0.418. The first-order chi connectivity index (χ1) is 5.91. The maximum Gasteiger partial charge on any atom is -0.000709 e. The molecule has 0 amide bonds. The summed E-state index contributed by atoms with van der Waals surface area (Å²) in [5.74, 6) is 15.9. The van der Waals surface area contributed by atoms with Gasteiger partial charge >= 0.3 is 0 Å². The minimum atomic E-state index is 1.74. The molecule has 0 radical (unpaired) electrons. The van der Waals surface area contributed by atoms with E-state index in [0.29, 0.717) is 0 Å². The zero-order valence-electron chi connectivity index (χ0n) is 7.31. The molecule has 0 spiro atoms. The molecule has 0 nitrogen and oxygen atoms in total. The minimum Gasteiger partial charge on any atom is -0.0925 e. The lowest BCUT2D eigenvalue weighted by Gasteiger charge is -1.64. The van der Waals surface area contributed by atoms with Crippen molar-refractivity contribution < 1.29 is 0 Å². The summed E-state index contributed by atoms with van der Waals surface area (Å²) < 4.78 is 0. The molecule has 0 fully saturated rings. The van der Waals surface area contributed by atoms with Crippen LogP contribution in [-0.2, 0) is 0 Å². The fraction of sp³-hybridized carbons (Fsp3) is 0.167. The summed E-state index contributed by atoms with van der Waals surface area (Å²) >= 11 is 0. The molecule has 0 aromatic rings. The van der Waals surface area contributed by atoms with Crippen LogP contribution >= 0.6 is 0 Å². The van der Waals surface area contributed by atoms with E-state index in [1.807, 2.05) is 25.2 Å². The van der Waals surface area contributed by atoms with Crippen molar-refractivity contribution in [1.29, 1.82) is 0 Å². The van der Waals surface area contributed by atoms with Crippen molar-refractivity contribution in [3.05, 3.63) is 24.3 Å². The Balaban J connectivity index is 3.90. The van der Waals surface area contributed by atoms with E-state index >= 15 is 0 Å². The second-order valence-electron chi connectivity index (χ2n) is 1.78. The van der Waals surface area contributed by atoms with Crippen molar-refractivity contribution in [2.75, 3.05) is 0 Å². The summed E-state index contributed by atoms with van der Waals surface area (Å²) in [6, 6.07) is 0. The van der Waals surface area contributed by atoms with Gasteiger partial charge in [-0.05, 0) is 43.6 Å². The highest BCUT2D eigenvalue weighted by Crippen LogP contribution is 1.73. The van der Waals surface area contributed by atoms with Gasteiger partial charge in [-0.25, -0.2) is 0 Å². The highest BCUT2D eigenvalue weighted by atomic mass is 13.6. The monoisotopic (exact) mass is 154 g/mol. The van der Waals surface area contributed by atoms with E-state index in [2.05, 4.69) is 35.5 Å². The summed E-state index contributed by atoms with van der Waals surface area (Å²) in [5.41, 5.74) is 0. The van der Waals surface area contributed by atoms with Crippen LogP contribution in [0.4, 0.5) is 0 Å². The first-order valence-electron chi connectivity index (χ1n) is 3.62. The molecule has 0 aliphatic rings. The Bertz CT molecular complexity index is 335. The van der Waals surface area contributed by atoms with Gasteiger partial charge in [0.2, 0.25) is 0 Å². The third kappa shape index (κ3) is 8.16. The quantitative estimate of drug-likeness (QED) is 0.401. The van der Waals surface area contributed by atoms with Crippen molar-refractivity contribution in [2.45, 2.75) is 13.8 Å². The summed E-state index contributed by atoms with van der Waals surface area (Å²) in [6.07, 6.45) is 7.45. The van der Waals surface area contributed by atoms with E-state index in [1.165, 1.54) is 0 Å². The summed E-state index contributed by atoms with van der Waals surface area (Å²) in [5, 5.41) is 0. The largest absolute Gasteiger partial charge is 0.0925 e. The van der Waals surface area contributed by atoms with Crippen LogP contribution in [-0.4, -0.2) is 0 Å². The number of rotatable bonds is 1. The van der Waals surface area contributed by atoms with Crippen molar-refractivity contribution in [2.24, 2.45) is 0 Å². The lowest BCUT2D eigenvalue weighted by atomic mass is 10.4. The van der Waals surface area contributed by atoms with E-state index in [-0.39, 0.29) is 0 Å². The van der Waals surface area contributed by atoms with E-state index < -0.39 is 0 Å². The molecule has 58 valence electrons. The first kappa shape index (κ1) is 10.2. The highest BCUT2D eigenvalue weighted by molar-refractivity contribution is 5.37. The molecule has 0 N–H and O–H groups in total. The molecular formula is C12H10. The van der Waals surface area contributed by atoms with E-state index in [1.54, 1.807) is 13.0 Å². The van der Waals surface area contributed by atoms with Gasteiger partial charge in [0, 0.05) is 0 Å². The molecule has 0 aliphatic carbocycles. The Kier molecular flexibility index (Phi) is 7.76. The second kappa shape index (κ2) is 9.16. The smallest absolute Gasteiger partial charge is 0.000709 e. The molecule has 0 bridgehead atoms. The van der Waals surface area contributed by atoms with Crippen LogP contribution in [0.5, 0.6) is 0 Å². The van der Waals surface area contributed by atoms with Crippen LogP contribution in [0, 0.1) is 35.5 Å². The van der Waals surface area contributed by atoms with Crippen molar-refractivity contribution in [3.8, 4) is 35.5 Å². The van der Waals surface area contributed by atoms with Crippen molar-refractivity contribution >= 4 is 0 Å². The normalized spacial score (nSPS) is 7.83. The van der Waals surface area contributed by atoms with Gasteiger partial charge in [0.25, 0.3) is 0 Å². The van der Waals surface area contributed by atoms with Gasteiger partial charge in [0.05, 0.1) is 0 Å². The van der Waals surface area contributed by atoms with Crippen LogP contribution in [0.15, 0.2) is 24.3 Å². The van der Waals surface area contributed by atoms with Crippen LogP contribution in [0.1, 0.15) is 13.8 Å². The van der Waals surface area contributed by atoms with E-state index in [9.17, 15) is 0 Å². The number of hydrogen-bond donors (Lipinski definition) is 0. The third-order valence-electron chi connectivity index (χ3n) is 0.868. The predicted octanol–water partition coefficient (Wildman–Crippen LogP) is 2.15. The van der Waals surface area contributed by atoms with Gasteiger partial charge < -0.3 is 0 Å². The van der Waals surface area contributed by atoms with Crippen LogP contribution in [0.25, 0.3) is 0 Å². The molecule has 0 unspecified atom stereocenters. The standard InChI is InChI=1S/C12H10/c1-3-5-7-9-11-12-10-8-6-4-2/h3,5,7,9H,1-2H3/b5-3+,9-7+. The van der Waals surface area contributed by atoms with Gasteiger partial charge in [-0.2, -0.15) is 0 Å². The molecule has 0 aromatic carbocycles. The lowest BCUT2D eigenvalue weighted by Crippen LogP contribution is -1.52.